The number of nitrogens with zero attached hydrogens (tertiary/aromatic N) is 4. The number of aromatic nitrogens is 4. The molecule has 2 heterocycles. The van der Waals surface area contributed by atoms with Crippen LogP contribution in [0.15, 0.2) is 59.6 Å². The summed E-state index contributed by atoms with van der Waals surface area (Å²) in [5.41, 5.74) is 0.291. The topological polar surface area (TPSA) is 81.4 Å². The summed E-state index contributed by atoms with van der Waals surface area (Å²) in [5, 5.41) is 15.7. The van der Waals surface area contributed by atoms with Gasteiger partial charge in [-0.3, -0.25) is 4.79 Å². The molecule has 2 aromatic carbocycles. The molecule has 0 aliphatic carbocycles. The van der Waals surface area contributed by atoms with Crippen LogP contribution in [-0.2, 0) is 11.0 Å². The van der Waals surface area contributed by atoms with Crippen LogP contribution in [0.1, 0.15) is 12.5 Å². The maximum Gasteiger partial charge on any atom is 0.416 e. The fourth-order valence-corrected chi connectivity index (χ4v) is 3.84. The average Bonchev–Trinajstić information content (AvgIpc) is 3.22. The maximum absolute atomic E-state index is 12.9. The van der Waals surface area contributed by atoms with Crippen LogP contribution in [0.2, 0.25) is 5.02 Å². The van der Waals surface area contributed by atoms with Crippen molar-refractivity contribution in [1.82, 2.24) is 19.8 Å². The minimum Gasteiger partial charge on any atom is -0.494 e. The standard InChI is InChI=1S/C22H17ClF3N5O2S/c1-2-33-15-6-3-13(4-7-15)21-29-28-18-9-10-20(30-31(18)21)34-12-19(32)27-17-11-14(22(24,25)26)5-8-16(17)23/h3-11H,2,12H2,1H3,(H,27,32). The molecule has 4 rings (SSSR count). The number of anilines is 1. The highest BCUT2D eigenvalue weighted by Crippen LogP contribution is 2.34. The molecule has 0 saturated carbocycles. The van der Waals surface area contributed by atoms with Gasteiger partial charge in [0.05, 0.1) is 28.6 Å². The van der Waals surface area contributed by atoms with E-state index >= 15 is 0 Å². The largest absolute Gasteiger partial charge is 0.494 e. The number of rotatable bonds is 7. The van der Waals surface area contributed by atoms with E-state index in [2.05, 4.69) is 20.6 Å². The molecular weight excluding hydrogens is 491 g/mol. The van der Waals surface area contributed by atoms with Crippen molar-refractivity contribution in [2.45, 2.75) is 18.1 Å². The van der Waals surface area contributed by atoms with Crippen LogP contribution in [0.3, 0.4) is 0 Å². The number of fused-ring (bicyclic) bond motifs is 1. The number of thioether (sulfide) groups is 1. The van der Waals surface area contributed by atoms with E-state index in [1.165, 1.54) is 0 Å². The van der Waals surface area contributed by atoms with Gasteiger partial charge in [-0.2, -0.15) is 22.8 Å². The number of carbonyl (C=O) groups is 1. The maximum atomic E-state index is 12.9. The van der Waals surface area contributed by atoms with Gasteiger partial charge >= 0.3 is 6.18 Å². The summed E-state index contributed by atoms with van der Waals surface area (Å²) in [5.74, 6) is 0.631. The van der Waals surface area contributed by atoms with Gasteiger partial charge in [0.1, 0.15) is 10.8 Å². The fraction of sp³-hybridized carbons (Fsp3) is 0.182. The summed E-state index contributed by atoms with van der Waals surface area (Å²) in [6.07, 6.45) is -4.54. The molecule has 1 N–H and O–H groups in total. The normalized spacial score (nSPS) is 11.6. The van der Waals surface area contributed by atoms with Gasteiger partial charge in [-0.25, -0.2) is 0 Å². The lowest BCUT2D eigenvalue weighted by Gasteiger charge is -2.11. The van der Waals surface area contributed by atoms with Crippen molar-refractivity contribution in [2.75, 3.05) is 17.7 Å². The van der Waals surface area contributed by atoms with E-state index in [0.29, 0.717) is 23.1 Å². The summed E-state index contributed by atoms with van der Waals surface area (Å²) in [7, 11) is 0. The predicted octanol–water partition coefficient (Wildman–Crippen LogP) is 5.59. The van der Waals surface area contributed by atoms with Crippen molar-refractivity contribution in [3.63, 3.8) is 0 Å². The molecule has 0 atom stereocenters. The Kier molecular flexibility index (Phi) is 6.94. The third kappa shape index (κ3) is 5.42. The zero-order chi connectivity index (χ0) is 24.3. The highest BCUT2D eigenvalue weighted by Gasteiger charge is 2.31. The van der Waals surface area contributed by atoms with Gasteiger partial charge in [-0.1, -0.05) is 23.4 Å². The Morgan fingerprint density at radius 3 is 2.59 bits per heavy atom. The molecule has 0 aliphatic rings. The molecule has 34 heavy (non-hydrogen) atoms. The van der Waals surface area contributed by atoms with Crippen LogP contribution in [0.4, 0.5) is 18.9 Å². The van der Waals surface area contributed by atoms with E-state index in [1.807, 2.05) is 31.2 Å². The van der Waals surface area contributed by atoms with Gasteiger partial charge in [-0.15, -0.1) is 10.2 Å². The smallest absolute Gasteiger partial charge is 0.416 e. The fourth-order valence-electron chi connectivity index (χ4n) is 3.02. The minimum absolute atomic E-state index is 0.00961. The SMILES string of the molecule is CCOc1ccc(-c2nnc3ccc(SCC(=O)Nc4cc(C(F)(F)F)ccc4Cl)nn23)cc1. The number of amides is 1. The number of hydrogen-bond acceptors (Lipinski definition) is 6. The number of ether oxygens (including phenoxy) is 1. The van der Waals surface area contributed by atoms with Crippen LogP contribution in [0.5, 0.6) is 5.75 Å². The van der Waals surface area contributed by atoms with Crippen molar-refractivity contribution in [3.05, 3.63) is 65.2 Å². The van der Waals surface area contributed by atoms with Gasteiger partial charge in [0.25, 0.3) is 0 Å². The highest BCUT2D eigenvalue weighted by atomic mass is 35.5. The van der Waals surface area contributed by atoms with Gasteiger partial charge in [-0.05, 0) is 61.5 Å². The first-order chi connectivity index (χ1) is 16.2. The lowest BCUT2D eigenvalue weighted by Crippen LogP contribution is -2.15. The van der Waals surface area contributed by atoms with E-state index in [4.69, 9.17) is 16.3 Å². The molecule has 12 heteroatoms. The number of benzene rings is 2. The first-order valence-corrected chi connectivity index (χ1v) is 11.4. The summed E-state index contributed by atoms with van der Waals surface area (Å²) in [4.78, 5) is 12.3. The van der Waals surface area contributed by atoms with Crippen LogP contribution in [0.25, 0.3) is 17.0 Å². The molecular formula is C22H17ClF3N5O2S. The Bertz CT molecular complexity index is 1330. The second-order valence-corrected chi connectivity index (χ2v) is 8.35. The Morgan fingerprint density at radius 1 is 1.12 bits per heavy atom. The monoisotopic (exact) mass is 507 g/mol. The number of carbonyl (C=O) groups excluding carboxylic acids is 1. The van der Waals surface area contributed by atoms with Crippen molar-refractivity contribution in [2.24, 2.45) is 0 Å². The van der Waals surface area contributed by atoms with Gasteiger partial charge in [0.15, 0.2) is 11.5 Å². The van der Waals surface area contributed by atoms with E-state index in [-0.39, 0.29) is 16.5 Å². The second-order valence-electron chi connectivity index (χ2n) is 6.95. The zero-order valence-corrected chi connectivity index (χ0v) is 19.2. The van der Waals surface area contributed by atoms with Gasteiger partial charge < -0.3 is 10.1 Å². The summed E-state index contributed by atoms with van der Waals surface area (Å²) in [6, 6.07) is 13.5. The summed E-state index contributed by atoms with van der Waals surface area (Å²) >= 11 is 7.05. The van der Waals surface area contributed by atoms with E-state index in [0.717, 1.165) is 41.3 Å². The van der Waals surface area contributed by atoms with E-state index in [9.17, 15) is 18.0 Å². The van der Waals surface area contributed by atoms with Crippen LogP contribution >= 0.6 is 23.4 Å². The lowest BCUT2D eigenvalue weighted by atomic mass is 10.2. The van der Waals surface area contributed by atoms with E-state index in [1.54, 1.807) is 16.6 Å². The number of halogens is 4. The van der Waals surface area contributed by atoms with Crippen molar-refractivity contribution < 1.29 is 22.7 Å². The molecule has 0 saturated heterocycles. The van der Waals surface area contributed by atoms with Crippen LogP contribution < -0.4 is 10.1 Å². The molecule has 0 aliphatic heterocycles. The summed E-state index contributed by atoms with van der Waals surface area (Å²) < 4.78 is 45.8. The Hall–Kier alpha value is -3.31. The molecule has 0 bridgehead atoms. The molecule has 2 aromatic heterocycles. The molecule has 1 amide bonds. The van der Waals surface area contributed by atoms with Crippen molar-refractivity contribution >= 4 is 40.6 Å². The molecule has 0 radical (unpaired) electrons. The lowest BCUT2D eigenvalue weighted by molar-refractivity contribution is -0.137. The minimum atomic E-state index is -4.54. The first kappa shape index (κ1) is 23.8. The second kappa shape index (κ2) is 9.90. The third-order valence-corrected chi connectivity index (χ3v) is 5.83. The first-order valence-electron chi connectivity index (χ1n) is 9.99. The molecule has 0 unspecified atom stereocenters. The van der Waals surface area contributed by atoms with E-state index < -0.39 is 17.6 Å². The number of alkyl halides is 3. The number of hydrogen-bond donors (Lipinski definition) is 1. The quantitative estimate of drug-likeness (QED) is 0.328. The summed E-state index contributed by atoms with van der Waals surface area (Å²) in [6.45, 7) is 2.46. The molecule has 4 aromatic rings. The predicted molar refractivity (Wildman–Crippen MR) is 123 cm³/mol. The number of nitrogens with one attached hydrogen (secondary N) is 1. The Morgan fingerprint density at radius 2 is 1.88 bits per heavy atom. The Labute approximate surface area is 201 Å². The highest BCUT2D eigenvalue weighted by molar-refractivity contribution is 7.99. The van der Waals surface area contributed by atoms with Crippen molar-refractivity contribution in [3.8, 4) is 17.1 Å². The van der Waals surface area contributed by atoms with Crippen LogP contribution in [0, 0.1) is 0 Å². The van der Waals surface area contributed by atoms with Crippen LogP contribution in [-0.4, -0.2) is 38.1 Å². The Balaban J connectivity index is 1.47. The average molecular weight is 508 g/mol. The molecule has 176 valence electrons. The molecule has 0 fully saturated rings. The molecule has 0 spiro atoms. The van der Waals surface area contributed by atoms with Gasteiger partial charge in [0, 0.05) is 5.56 Å². The van der Waals surface area contributed by atoms with Gasteiger partial charge in [0.2, 0.25) is 5.91 Å². The molecule has 7 nitrogen and oxygen atoms in total. The zero-order valence-electron chi connectivity index (χ0n) is 17.6. The third-order valence-electron chi connectivity index (χ3n) is 4.58. The van der Waals surface area contributed by atoms with Crippen molar-refractivity contribution in [1.29, 1.82) is 0 Å².